The van der Waals surface area contributed by atoms with Gasteiger partial charge in [0.1, 0.15) is 6.04 Å². The number of rotatable bonds is 2. The van der Waals surface area contributed by atoms with E-state index < -0.39 is 0 Å². The molecule has 4 rings (SSSR count). The monoisotopic (exact) mass is 394 g/mol. The van der Waals surface area contributed by atoms with Crippen LogP contribution in [0.1, 0.15) is 51.5 Å². The Labute approximate surface area is 170 Å². The Hall–Kier alpha value is -2.40. The zero-order valence-electron chi connectivity index (χ0n) is 16.8. The van der Waals surface area contributed by atoms with Crippen LogP contribution in [0.2, 0.25) is 0 Å². The van der Waals surface area contributed by atoms with Gasteiger partial charge in [-0.15, -0.1) is 11.3 Å². The molecule has 146 valence electrons. The highest BCUT2D eigenvalue weighted by Gasteiger charge is 2.43. The van der Waals surface area contributed by atoms with E-state index >= 15 is 0 Å². The molecule has 1 aliphatic heterocycles. The average Bonchev–Trinajstić information content (AvgIpc) is 3.09. The minimum absolute atomic E-state index is 0.0269. The van der Waals surface area contributed by atoms with Crippen LogP contribution in [-0.2, 0) is 9.59 Å². The first kappa shape index (κ1) is 18.9. The molecule has 1 amide bonds. The number of benzene rings is 1. The summed E-state index contributed by atoms with van der Waals surface area (Å²) in [6, 6.07) is 11.5. The van der Waals surface area contributed by atoms with E-state index in [1.165, 1.54) is 0 Å². The molecular formula is C23H26N2O2S. The van der Waals surface area contributed by atoms with Crippen molar-refractivity contribution in [2.45, 2.75) is 46.6 Å². The Bertz CT molecular complexity index is 957. The van der Waals surface area contributed by atoms with E-state index in [9.17, 15) is 9.59 Å². The third-order valence-electron chi connectivity index (χ3n) is 5.44. The lowest BCUT2D eigenvalue weighted by Gasteiger charge is -2.37. The number of anilines is 2. The highest BCUT2D eigenvalue weighted by Crippen LogP contribution is 2.49. The molecule has 1 N–H and O–H groups in total. The maximum atomic E-state index is 13.4. The number of thiophene rings is 1. The molecule has 0 saturated heterocycles. The van der Waals surface area contributed by atoms with Gasteiger partial charge < -0.3 is 5.32 Å². The predicted octanol–water partition coefficient (Wildman–Crippen LogP) is 5.55. The zero-order chi connectivity index (χ0) is 20.1. The summed E-state index contributed by atoms with van der Waals surface area (Å²) < 4.78 is 0. The topological polar surface area (TPSA) is 49.4 Å². The van der Waals surface area contributed by atoms with Crippen molar-refractivity contribution in [3.63, 3.8) is 0 Å². The molecular weight excluding hydrogens is 368 g/mol. The fraction of sp³-hybridized carbons (Fsp3) is 0.391. The molecule has 2 aromatic rings. The van der Waals surface area contributed by atoms with Crippen LogP contribution in [0, 0.1) is 11.3 Å². The summed E-state index contributed by atoms with van der Waals surface area (Å²) >= 11 is 1.60. The Balaban J connectivity index is 2.00. The van der Waals surface area contributed by atoms with Gasteiger partial charge in [-0.25, -0.2) is 0 Å². The number of Topliss-reactive ketones (excluding diaryl/α,β-unsaturated/α-hetero) is 1. The normalized spacial score (nSPS) is 21.1. The van der Waals surface area contributed by atoms with Gasteiger partial charge in [0.15, 0.2) is 5.78 Å². The molecule has 5 heteroatoms. The fourth-order valence-electron chi connectivity index (χ4n) is 4.22. The number of hydrogen-bond acceptors (Lipinski definition) is 4. The van der Waals surface area contributed by atoms with Crippen molar-refractivity contribution in [2.24, 2.45) is 11.3 Å². The van der Waals surface area contributed by atoms with Gasteiger partial charge in [-0.3, -0.25) is 14.5 Å². The van der Waals surface area contributed by atoms with Crippen molar-refractivity contribution in [1.82, 2.24) is 0 Å². The third kappa shape index (κ3) is 3.18. The molecule has 28 heavy (non-hydrogen) atoms. The van der Waals surface area contributed by atoms with Crippen molar-refractivity contribution in [1.29, 1.82) is 0 Å². The first-order chi connectivity index (χ1) is 13.3. The number of ketones is 1. The summed E-state index contributed by atoms with van der Waals surface area (Å²) in [4.78, 5) is 29.6. The van der Waals surface area contributed by atoms with E-state index in [2.05, 4.69) is 19.2 Å². The second-order valence-electron chi connectivity index (χ2n) is 8.76. The average molecular weight is 395 g/mol. The van der Waals surface area contributed by atoms with Crippen LogP contribution < -0.4 is 10.2 Å². The first-order valence-corrected chi connectivity index (χ1v) is 10.7. The fourth-order valence-corrected chi connectivity index (χ4v) is 5.05. The molecule has 2 heterocycles. The van der Waals surface area contributed by atoms with Crippen molar-refractivity contribution in [3.8, 4) is 0 Å². The van der Waals surface area contributed by atoms with Gasteiger partial charge in [-0.05, 0) is 35.4 Å². The van der Waals surface area contributed by atoms with Crippen LogP contribution in [0.5, 0.6) is 0 Å². The number of carbonyl (C=O) groups is 2. The smallest absolute Gasteiger partial charge is 0.230 e. The van der Waals surface area contributed by atoms with Crippen LogP contribution in [0.4, 0.5) is 11.4 Å². The van der Waals surface area contributed by atoms with Gasteiger partial charge in [0.2, 0.25) is 5.91 Å². The second-order valence-corrected chi connectivity index (χ2v) is 9.74. The van der Waals surface area contributed by atoms with E-state index in [4.69, 9.17) is 0 Å². The number of carbonyl (C=O) groups excluding carboxylic acids is 2. The summed E-state index contributed by atoms with van der Waals surface area (Å²) in [6.07, 6.45) is 1.28. The highest BCUT2D eigenvalue weighted by molar-refractivity contribution is 7.10. The Morgan fingerprint density at radius 2 is 1.93 bits per heavy atom. The molecule has 2 aliphatic rings. The zero-order valence-corrected chi connectivity index (χ0v) is 17.6. The van der Waals surface area contributed by atoms with Crippen molar-refractivity contribution in [2.75, 3.05) is 10.2 Å². The minimum Gasteiger partial charge on any atom is -0.357 e. The van der Waals surface area contributed by atoms with Crippen molar-refractivity contribution in [3.05, 3.63) is 57.9 Å². The number of allylic oxidation sites excluding steroid dienone is 1. The first-order valence-electron chi connectivity index (χ1n) is 9.77. The van der Waals surface area contributed by atoms with Gasteiger partial charge in [0, 0.05) is 28.5 Å². The van der Waals surface area contributed by atoms with Crippen LogP contribution in [0.25, 0.3) is 0 Å². The number of nitrogens with zero attached hydrogens (tertiary/aromatic N) is 1. The Morgan fingerprint density at radius 1 is 1.18 bits per heavy atom. The number of amides is 1. The lowest BCUT2D eigenvalue weighted by atomic mass is 9.74. The minimum atomic E-state index is -0.385. The summed E-state index contributed by atoms with van der Waals surface area (Å²) in [5.74, 6) is -0.0154. The van der Waals surface area contributed by atoms with Gasteiger partial charge in [-0.1, -0.05) is 45.9 Å². The number of fused-ring (bicyclic) bond motifs is 1. The van der Waals surface area contributed by atoms with Gasteiger partial charge in [0.25, 0.3) is 0 Å². The van der Waals surface area contributed by atoms with E-state index in [1.54, 1.807) is 11.3 Å². The number of hydrogen-bond donors (Lipinski definition) is 1. The second kappa shape index (κ2) is 6.89. The molecule has 1 aromatic heterocycles. The standard InChI is InChI=1S/C23H26N2O2S/c1-14(2)22(27)25-17-9-6-5-8-15(17)24-16-12-23(3,4)13-18(26)20(16)21(25)19-10-7-11-28-19/h5-11,14,21,24H,12-13H2,1-4H3/t21-/m0/s1. The lowest BCUT2D eigenvalue weighted by molar-refractivity contribution is -0.122. The summed E-state index contributed by atoms with van der Waals surface area (Å²) in [5, 5.41) is 5.54. The molecule has 4 nitrogen and oxygen atoms in total. The Kier molecular flexibility index (Phi) is 4.66. The molecule has 0 radical (unpaired) electrons. The largest absolute Gasteiger partial charge is 0.357 e. The Morgan fingerprint density at radius 3 is 2.61 bits per heavy atom. The van der Waals surface area contributed by atoms with Gasteiger partial charge >= 0.3 is 0 Å². The van der Waals surface area contributed by atoms with Crippen molar-refractivity contribution >= 4 is 34.4 Å². The summed E-state index contributed by atoms with van der Waals surface area (Å²) in [5.41, 5.74) is 3.31. The summed E-state index contributed by atoms with van der Waals surface area (Å²) in [6.45, 7) is 8.08. The van der Waals surface area contributed by atoms with Gasteiger partial charge in [0.05, 0.1) is 11.4 Å². The summed E-state index contributed by atoms with van der Waals surface area (Å²) in [7, 11) is 0. The molecule has 0 unspecified atom stereocenters. The van der Waals surface area contributed by atoms with Gasteiger partial charge in [-0.2, -0.15) is 0 Å². The molecule has 1 atom stereocenters. The van der Waals surface area contributed by atoms with Crippen LogP contribution >= 0.6 is 11.3 Å². The lowest BCUT2D eigenvalue weighted by Crippen LogP contribution is -2.41. The third-order valence-corrected chi connectivity index (χ3v) is 6.37. The van der Waals surface area contributed by atoms with Crippen LogP contribution in [0.15, 0.2) is 53.0 Å². The molecule has 0 bridgehead atoms. The predicted molar refractivity (Wildman–Crippen MR) is 114 cm³/mol. The maximum Gasteiger partial charge on any atom is 0.230 e. The van der Waals surface area contributed by atoms with E-state index in [-0.39, 0.29) is 29.1 Å². The SMILES string of the molecule is CC(C)C(=O)N1c2ccccc2NC2=C(C(=O)CC(C)(C)C2)[C@@H]1c1cccs1. The van der Waals surface area contributed by atoms with Crippen LogP contribution in [-0.4, -0.2) is 11.7 Å². The van der Waals surface area contributed by atoms with Crippen molar-refractivity contribution < 1.29 is 9.59 Å². The quantitative estimate of drug-likeness (QED) is 0.727. The van der Waals surface area contributed by atoms with Crippen LogP contribution in [0.3, 0.4) is 0 Å². The molecule has 0 spiro atoms. The number of para-hydroxylation sites is 2. The van der Waals surface area contributed by atoms with E-state index in [0.717, 1.165) is 33.9 Å². The van der Waals surface area contributed by atoms with E-state index in [1.807, 2.05) is 60.5 Å². The highest BCUT2D eigenvalue weighted by atomic mass is 32.1. The van der Waals surface area contributed by atoms with E-state index in [0.29, 0.717) is 6.42 Å². The number of nitrogens with one attached hydrogen (secondary N) is 1. The maximum absolute atomic E-state index is 13.4. The molecule has 0 saturated carbocycles. The molecule has 1 aromatic carbocycles. The molecule has 1 aliphatic carbocycles. The molecule has 0 fully saturated rings.